The van der Waals surface area contributed by atoms with E-state index < -0.39 is 36.7 Å². The lowest BCUT2D eigenvalue weighted by Gasteiger charge is -2.32. The van der Waals surface area contributed by atoms with Crippen molar-refractivity contribution in [2.24, 2.45) is 0 Å². The Morgan fingerprint density at radius 1 is 1.21 bits per heavy atom. The third kappa shape index (κ3) is 3.80. The van der Waals surface area contributed by atoms with E-state index in [1.54, 1.807) is 0 Å². The van der Waals surface area contributed by atoms with Crippen molar-refractivity contribution in [3.63, 3.8) is 0 Å². The maximum absolute atomic E-state index is 12.9. The smallest absolute Gasteiger partial charge is 0.400 e. The lowest BCUT2D eigenvalue weighted by molar-refractivity contribution is -0.137. The highest BCUT2D eigenvalue weighted by molar-refractivity contribution is 6.56. The molecule has 1 saturated heterocycles. The van der Waals surface area contributed by atoms with Gasteiger partial charge in [-0.05, 0) is 56.9 Å². The van der Waals surface area contributed by atoms with Crippen LogP contribution in [-0.4, -0.2) is 30.0 Å². The van der Waals surface area contributed by atoms with Gasteiger partial charge in [0.15, 0.2) is 0 Å². The van der Waals surface area contributed by atoms with E-state index >= 15 is 0 Å². The molecule has 2 rings (SSSR count). The van der Waals surface area contributed by atoms with Crippen LogP contribution < -0.4 is 0 Å². The van der Waals surface area contributed by atoms with Crippen LogP contribution in [0.5, 0.6) is 0 Å². The summed E-state index contributed by atoms with van der Waals surface area (Å²) < 4.78 is 50.2. The molecule has 3 nitrogen and oxygen atoms in total. The summed E-state index contributed by atoms with van der Waals surface area (Å²) in [5.41, 5.74) is -1.61. The minimum Gasteiger partial charge on any atom is -0.400 e. The van der Waals surface area contributed by atoms with Crippen LogP contribution in [0.1, 0.15) is 38.8 Å². The van der Waals surface area contributed by atoms with Gasteiger partial charge in [-0.3, -0.25) is 0 Å². The number of hydrogen-bond acceptors (Lipinski definition) is 3. The first-order chi connectivity index (χ1) is 10.9. The molecular weight excluding hydrogens is 343 g/mol. The van der Waals surface area contributed by atoms with Gasteiger partial charge in [0.1, 0.15) is 0 Å². The number of rotatable bonds is 3. The van der Waals surface area contributed by atoms with Crippen molar-refractivity contribution < 1.29 is 27.6 Å². The third-order valence-corrected chi connectivity index (χ3v) is 4.75. The second kappa shape index (κ2) is 6.37. The number of halogens is 4. The van der Waals surface area contributed by atoms with Gasteiger partial charge in [0.2, 0.25) is 0 Å². The lowest BCUT2D eigenvalue weighted by atomic mass is 9.77. The average Bonchev–Trinajstić information content (AvgIpc) is 2.65. The fourth-order valence-corrected chi connectivity index (χ4v) is 2.39. The van der Waals surface area contributed by atoms with Gasteiger partial charge in [0.05, 0.1) is 23.4 Å². The van der Waals surface area contributed by atoms with Crippen LogP contribution in [0.15, 0.2) is 23.7 Å². The molecule has 1 aromatic rings. The van der Waals surface area contributed by atoms with Crippen molar-refractivity contribution in [3.8, 4) is 0 Å². The lowest BCUT2D eigenvalue weighted by Crippen LogP contribution is -2.41. The summed E-state index contributed by atoms with van der Waals surface area (Å²) in [4.78, 5) is 0. The quantitative estimate of drug-likeness (QED) is 0.812. The fraction of sp³-hybridized carbons (Fsp3) is 0.500. The Morgan fingerprint density at radius 2 is 1.75 bits per heavy atom. The van der Waals surface area contributed by atoms with Gasteiger partial charge >= 0.3 is 13.3 Å². The molecule has 8 heteroatoms. The van der Waals surface area contributed by atoms with Gasteiger partial charge in [-0.25, -0.2) is 0 Å². The molecule has 0 atom stereocenters. The minimum atomic E-state index is -4.48. The predicted molar refractivity (Wildman–Crippen MR) is 87.6 cm³/mol. The topological polar surface area (TPSA) is 38.7 Å². The van der Waals surface area contributed by atoms with E-state index in [4.69, 9.17) is 20.9 Å². The molecule has 0 amide bonds. The summed E-state index contributed by atoms with van der Waals surface area (Å²) in [7, 11) is -0.856. The van der Waals surface area contributed by atoms with Crippen LogP contribution in [0, 0.1) is 0 Å². The first-order valence-electron chi connectivity index (χ1n) is 7.41. The fourth-order valence-electron chi connectivity index (χ4n) is 2.21. The Kier molecular flexibility index (Phi) is 5.13. The highest BCUT2D eigenvalue weighted by atomic mass is 35.5. The molecule has 1 aliphatic heterocycles. The van der Waals surface area contributed by atoms with E-state index in [2.05, 4.69) is 0 Å². The van der Waals surface area contributed by atoms with E-state index in [0.717, 1.165) is 12.1 Å². The largest absolute Gasteiger partial charge is 0.492 e. The molecule has 0 radical (unpaired) electrons. The normalized spacial score (nSPS) is 20.5. The zero-order chi connectivity index (χ0) is 18.3. The maximum Gasteiger partial charge on any atom is 0.492 e. The first-order valence-corrected chi connectivity index (χ1v) is 7.79. The van der Waals surface area contributed by atoms with Gasteiger partial charge in [-0.2, -0.15) is 13.2 Å². The SMILES string of the molecule is CC1(C)OB(C(=Cc2cc(C(F)(F)F)ccc2Cl)CO)OC1(C)C. The van der Waals surface area contributed by atoms with Crippen LogP contribution in [0.25, 0.3) is 6.08 Å². The molecular formula is C16H19BClF3O3. The molecule has 1 fully saturated rings. The number of hydrogen-bond donors (Lipinski definition) is 1. The molecule has 1 aromatic carbocycles. The number of aliphatic hydroxyl groups excluding tert-OH is 1. The van der Waals surface area contributed by atoms with Crippen molar-refractivity contribution in [2.45, 2.75) is 45.1 Å². The monoisotopic (exact) mass is 362 g/mol. The summed E-state index contributed by atoms with van der Waals surface area (Å²) in [5, 5.41) is 9.76. The highest BCUT2D eigenvalue weighted by Gasteiger charge is 2.52. The molecule has 24 heavy (non-hydrogen) atoms. The molecule has 0 aliphatic carbocycles. The first kappa shape index (κ1) is 19.3. The molecule has 0 saturated carbocycles. The molecule has 132 valence electrons. The predicted octanol–water partition coefficient (Wildman–Crippen LogP) is 4.37. The summed E-state index contributed by atoms with van der Waals surface area (Å²) in [5.74, 6) is 0. The van der Waals surface area contributed by atoms with E-state index in [-0.39, 0.29) is 10.6 Å². The number of alkyl halides is 3. The van der Waals surface area contributed by atoms with E-state index in [9.17, 15) is 18.3 Å². The summed E-state index contributed by atoms with van der Waals surface area (Å²) in [6.45, 7) is 6.96. The summed E-state index contributed by atoms with van der Waals surface area (Å²) in [6, 6.07) is 3.02. The highest BCUT2D eigenvalue weighted by Crippen LogP contribution is 2.39. The van der Waals surface area contributed by atoms with Crippen molar-refractivity contribution >= 4 is 24.8 Å². The number of aliphatic hydroxyl groups is 1. The maximum atomic E-state index is 12.9. The van der Waals surface area contributed by atoms with Crippen molar-refractivity contribution in [2.75, 3.05) is 6.61 Å². The second-order valence-corrected chi connectivity index (χ2v) is 7.11. The van der Waals surface area contributed by atoms with Gasteiger partial charge in [0, 0.05) is 5.02 Å². The minimum absolute atomic E-state index is 0.144. The van der Waals surface area contributed by atoms with E-state index in [1.807, 2.05) is 27.7 Å². The van der Waals surface area contributed by atoms with Crippen molar-refractivity contribution in [1.29, 1.82) is 0 Å². The van der Waals surface area contributed by atoms with Gasteiger partial charge in [-0.15, -0.1) is 0 Å². The van der Waals surface area contributed by atoms with Gasteiger partial charge in [-0.1, -0.05) is 17.7 Å². The standard InChI is InChI=1S/C16H19BClF3O3/c1-14(2)15(3,4)24-17(23-14)12(9-22)8-10-7-11(16(19,20)21)5-6-13(10)18/h5-8,22H,9H2,1-4H3. The Hall–Kier alpha value is -1.02. The number of benzene rings is 1. The van der Waals surface area contributed by atoms with Crippen LogP contribution in [0.2, 0.25) is 5.02 Å². The molecule has 0 bridgehead atoms. The van der Waals surface area contributed by atoms with Crippen LogP contribution in [0.3, 0.4) is 0 Å². The van der Waals surface area contributed by atoms with Crippen LogP contribution >= 0.6 is 11.6 Å². The Balaban J connectivity index is 2.39. The molecule has 1 heterocycles. The van der Waals surface area contributed by atoms with E-state index in [1.165, 1.54) is 12.1 Å². The van der Waals surface area contributed by atoms with Gasteiger partial charge in [0.25, 0.3) is 0 Å². The zero-order valence-electron chi connectivity index (χ0n) is 13.9. The van der Waals surface area contributed by atoms with Crippen LogP contribution in [-0.2, 0) is 15.5 Å². The summed E-state index contributed by atoms with van der Waals surface area (Å²) in [6.07, 6.45) is -3.10. The zero-order valence-corrected chi connectivity index (χ0v) is 14.6. The molecule has 1 aliphatic rings. The Morgan fingerprint density at radius 3 is 2.21 bits per heavy atom. The van der Waals surface area contributed by atoms with E-state index in [0.29, 0.717) is 5.47 Å². The average molecular weight is 363 g/mol. The Labute approximate surface area is 144 Å². The van der Waals surface area contributed by atoms with Crippen molar-refractivity contribution in [3.05, 3.63) is 39.8 Å². The second-order valence-electron chi connectivity index (χ2n) is 6.70. The Bertz CT molecular complexity index is 640. The van der Waals surface area contributed by atoms with Crippen LogP contribution in [0.4, 0.5) is 13.2 Å². The van der Waals surface area contributed by atoms with Gasteiger partial charge < -0.3 is 14.4 Å². The molecule has 0 aromatic heterocycles. The molecule has 1 N–H and O–H groups in total. The van der Waals surface area contributed by atoms with Crippen molar-refractivity contribution in [1.82, 2.24) is 0 Å². The third-order valence-electron chi connectivity index (χ3n) is 4.40. The molecule has 0 unspecified atom stereocenters. The summed E-state index contributed by atoms with van der Waals surface area (Å²) >= 11 is 5.99. The molecule has 0 spiro atoms.